The van der Waals surface area contributed by atoms with E-state index in [4.69, 9.17) is 4.74 Å². The largest absolute Gasteiger partial charge is 0.477 e. The molecular formula is C13H18BrF3N2O. The Kier molecular flexibility index (Phi) is 6.75. The lowest BCUT2D eigenvalue weighted by molar-refractivity contribution is -0.139. The summed E-state index contributed by atoms with van der Waals surface area (Å²) in [5, 5.41) is 3.21. The molecule has 7 heteroatoms. The van der Waals surface area contributed by atoms with Crippen molar-refractivity contribution in [3.8, 4) is 5.88 Å². The van der Waals surface area contributed by atoms with Gasteiger partial charge in [0.15, 0.2) is 0 Å². The van der Waals surface area contributed by atoms with Gasteiger partial charge in [-0.3, -0.25) is 0 Å². The van der Waals surface area contributed by atoms with E-state index in [1.54, 1.807) is 6.07 Å². The van der Waals surface area contributed by atoms with Crippen LogP contribution in [-0.4, -0.2) is 24.3 Å². The molecule has 0 bridgehead atoms. The van der Waals surface area contributed by atoms with E-state index in [1.165, 1.54) is 6.20 Å². The Morgan fingerprint density at radius 1 is 1.40 bits per heavy atom. The quantitative estimate of drug-likeness (QED) is 0.805. The third kappa shape index (κ3) is 7.09. The second kappa shape index (κ2) is 7.83. The minimum Gasteiger partial charge on any atom is -0.477 e. The summed E-state index contributed by atoms with van der Waals surface area (Å²) < 4.78 is 42.2. The van der Waals surface area contributed by atoms with E-state index >= 15 is 0 Å². The van der Waals surface area contributed by atoms with E-state index < -0.39 is 19.2 Å². The molecule has 0 spiro atoms. The zero-order valence-corrected chi connectivity index (χ0v) is 13.0. The second-order valence-corrected chi connectivity index (χ2v) is 5.77. The van der Waals surface area contributed by atoms with Crippen molar-refractivity contribution in [2.45, 2.75) is 33.0 Å². The maximum atomic E-state index is 12.1. The van der Waals surface area contributed by atoms with Gasteiger partial charge in [-0.15, -0.1) is 0 Å². The Hall–Kier alpha value is -0.820. The molecule has 1 heterocycles. The van der Waals surface area contributed by atoms with Gasteiger partial charge in [-0.1, -0.05) is 13.8 Å². The Labute approximate surface area is 125 Å². The number of nitrogens with zero attached hydrogens (tertiary/aromatic N) is 1. The SMILES string of the molecule is CC(C)CNCc1cc(Br)cnc1OCCC(F)(F)F. The number of nitrogens with one attached hydrogen (secondary N) is 1. The molecular weight excluding hydrogens is 337 g/mol. The summed E-state index contributed by atoms with van der Waals surface area (Å²) in [4.78, 5) is 4.02. The number of hydrogen-bond acceptors (Lipinski definition) is 3. The van der Waals surface area contributed by atoms with E-state index in [9.17, 15) is 13.2 Å². The van der Waals surface area contributed by atoms with Gasteiger partial charge >= 0.3 is 6.18 Å². The standard InChI is InChI=1S/C13H18BrF3N2O/c1-9(2)6-18-7-10-5-11(14)8-19-12(10)20-4-3-13(15,16)17/h5,8-9,18H,3-4,6-7H2,1-2H3. The fourth-order valence-corrected chi connectivity index (χ4v) is 1.86. The molecule has 0 radical (unpaired) electrons. The molecule has 0 aromatic carbocycles. The number of ether oxygens (including phenoxy) is 1. The third-order valence-electron chi connectivity index (χ3n) is 2.38. The van der Waals surface area contributed by atoms with Crippen LogP contribution in [0.4, 0.5) is 13.2 Å². The molecule has 1 aromatic heterocycles. The average molecular weight is 355 g/mol. The van der Waals surface area contributed by atoms with Gasteiger partial charge in [0, 0.05) is 22.8 Å². The smallest absolute Gasteiger partial charge is 0.392 e. The van der Waals surface area contributed by atoms with Gasteiger partial charge in [-0.05, 0) is 34.5 Å². The lowest BCUT2D eigenvalue weighted by Gasteiger charge is -2.13. The van der Waals surface area contributed by atoms with Crippen LogP contribution in [0.3, 0.4) is 0 Å². The number of pyridine rings is 1. The average Bonchev–Trinajstić information content (AvgIpc) is 2.30. The summed E-state index contributed by atoms with van der Waals surface area (Å²) in [6, 6.07) is 1.79. The molecule has 1 N–H and O–H groups in total. The van der Waals surface area contributed by atoms with E-state index in [0.717, 1.165) is 16.6 Å². The fourth-order valence-electron chi connectivity index (χ4n) is 1.48. The molecule has 0 amide bonds. The fraction of sp³-hybridized carbons (Fsp3) is 0.615. The predicted molar refractivity (Wildman–Crippen MR) is 74.6 cm³/mol. The Morgan fingerprint density at radius 2 is 2.10 bits per heavy atom. The van der Waals surface area contributed by atoms with E-state index in [0.29, 0.717) is 12.5 Å². The van der Waals surface area contributed by atoms with E-state index in [-0.39, 0.29) is 5.88 Å². The van der Waals surface area contributed by atoms with Crippen LogP contribution in [0.25, 0.3) is 0 Å². The Morgan fingerprint density at radius 3 is 2.70 bits per heavy atom. The van der Waals surface area contributed by atoms with Crippen molar-refractivity contribution in [1.29, 1.82) is 0 Å². The summed E-state index contributed by atoms with van der Waals surface area (Å²) in [7, 11) is 0. The first-order chi connectivity index (χ1) is 9.28. The van der Waals surface area contributed by atoms with E-state index in [1.807, 2.05) is 0 Å². The molecule has 0 unspecified atom stereocenters. The zero-order chi connectivity index (χ0) is 15.2. The maximum Gasteiger partial charge on any atom is 0.392 e. The highest BCUT2D eigenvalue weighted by molar-refractivity contribution is 9.10. The lowest BCUT2D eigenvalue weighted by Crippen LogP contribution is -2.20. The molecule has 3 nitrogen and oxygen atoms in total. The summed E-state index contributed by atoms with van der Waals surface area (Å²) in [6.45, 7) is 5.05. The molecule has 0 aliphatic rings. The minimum atomic E-state index is -4.22. The first-order valence-corrected chi connectivity index (χ1v) is 7.12. The van der Waals surface area contributed by atoms with Crippen molar-refractivity contribution in [2.24, 2.45) is 5.92 Å². The van der Waals surface area contributed by atoms with Crippen molar-refractivity contribution < 1.29 is 17.9 Å². The van der Waals surface area contributed by atoms with Crippen LogP contribution in [0.5, 0.6) is 5.88 Å². The first kappa shape index (κ1) is 17.2. The highest BCUT2D eigenvalue weighted by atomic mass is 79.9. The number of halogens is 4. The monoisotopic (exact) mass is 354 g/mol. The molecule has 0 atom stereocenters. The predicted octanol–water partition coefficient (Wildman–Crippen LogP) is 3.92. The number of aromatic nitrogens is 1. The summed E-state index contributed by atoms with van der Waals surface area (Å²) >= 11 is 3.29. The van der Waals surface area contributed by atoms with Crippen molar-refractivity contribution in [1.82, 2.24) is 10.3 Å². The molecule has 20 heavy (non-hydrogen) atoms. The summed E-state index contributed by atoms with van der Waals surface area (Å²) in [6.07, 6.45) is -3.69. The molecule has 1 aromatic rings. The molecule has 0 saturated heterocycles. The van der Waals surface area contributed by atoms with Crippen LogP contribution >= 0.6 is 15.9 Å². The third-order valence-corrected chi connectivity index (χ3v) is 2.82. The minimum absolute atomic E-state index is 0.244. The van der Waals surface area contributed by atoms with E-state index in [2.05, 4.69) is 40.1 Å². The molecule has 0 saturated carbocycles. The molecule has 1 rings (SSSR count). The normalized spacial score (nSPS) is 11.9. The van der Waals surface area contributed by atoms with Crippen molar-refractivity contribution in [2.75, 3.05) is 13.2 Å². The van der Waals surface area contributed by atoms with Crippen molar-refractivity contribution in [3.05, 3.63) is 22.3 Å². The number of hydrogen-bond donors (Lipinski definition) is 1. The maximum absolute atomic E-state index is 12.1. The summed E-state index contributed by atoms with van der Waals surface area (Å²) in [5.41, 5.74) is 0.738. The summed E-state index contributed by atoms with van der Waals surface area (Å²) in [5.74, 6) is 0.735. The van der Waals surface area contributed by atoms with Crippen LogP contribution in [0, 0.1) is 5.92 Å². The second-order valence-electron chi connectivity index (χ2n) is 4.86. The lowest BCUT2D eigenvalue weighted by atomic mass is 10.2. The van der Waals surface area contributed by atoms with Gasteiger partial charge < -0.3 is 10.1 Å². The molecule has 0 aliphatic heterocycles. The van der Waals surface area contributed by atoms with Crippen LogP contribution in [0.1, 0.15) is 25.8 Å². The Balaban J connectivity index is 2.60. The first-order valence-electron chi connectivity index (χ1n) is 6.32. The molecule has 0 aliphatic carbocycles. The molecule has 0 fully saturated rings. The van der Waals surface area contributed by atoms with Crippen LogP contribution in [0.15, 0.2) is 16.7 Å². The van der Waals surface area contributed by atoms with Gasteiger partial charge in [0.1, 0.15) is 0 Å². The van der Waals surface area contributed by atoms with Gasteiger partial charge in [-0.25, -0.2) is 4.98 Å². The van der Waals surface area contributed by atoms with Gasteiger partial charge in [0.05, 0.1) is 13.0 Å². The highest BCUT2D eigenvalue weighted by Crippen LogP contribution is 2.23. The Bertz CT molecular complexity index is 425. The topological polar surface area (TPSA) is 34.2 Å². The number of rotatable bonds is 7. The van der Waals surface area contributed by atoms with Gasteiger partial charge in [-0.2, -0.15) is 13.2 Å². The van der Waals surface area contributed by atoms with Gasteiger partial charge in [0.2, 0.25) is 5.88 Å². The molecule has 114 valence electrons. The van der Waals surface area contributed by atoms with Crippen molar-refractivity contribution in [3.63, 3.8) is 0 Å². The van der Waals surface area contributed by atoms with Crippen molar-refractivity contribution >= 4 is 15.9 Å². The van der Waals surface area contributed by atoms with Crippen LogP contribution in [-0.2, 0) is 6.54 Å². The highest BCUT2D eigenvalue weighted by Gasteiger charge is 2.27. The zero-order valence-electron chi connectivity index (χ0n) is 11.4. The van der Waals surface area contributed by atoms with Crippen LogP contribution < -0.4 is 10.1 Å². The van der Waals surface area contributed by atoms with Crippen LogP contribution in [0.2, 0.25) is 0 Å². The number of alkyl halides is 3. The van der Waals surface area contributed by atoms with Gasteiger partial charge in [0.25, 0.3) is 0 Å².